The molecule has 0 unspecified atom stereocenters. The van der Waals surface area contributed by atoms with Crippen LogP contribution in [0.25, 0.3) is 0 Å². The summed E-state index contributed by atoms with van der Waals surface area (Å²) >= 11 is 5.85. The van der Waals surface area contributed by atoms with Gasteiger partial charge in [-0.15, -0.1) is 0 Å². The maximum Gasteiger partial charge on any atom is 0.272 e. The monoisotopic (exact) mass is 331 g/mol. The highest BCUT2D eigenvalue weighted by atomic mass is 35.5. The number of hydrogen-bond acceptors (Lipinski definition) is 3. The predicted molar refractivity (Wildman–Crippen MR) is 86.6 cm³/mol. The zero-order valence-corrected chi connectivity index (χ0v) is 13.5. The predicted octanol–water partition coefficient (Wildman–Crippen LogP) is 2.98. The fraction of sp³-hybridized carbons (Fsp3) is 0.412. The van der Waals surface area contributed by atoms with Crippen LogP contribution in [0.5, 0.6) is 5.75 Å². The van der Waals surface area contributed by atoms with Gasteiger partial charge >= 0.3 is 0 Å². The van der Waals surface area contributed by atoms with Crippen molar-refractivity contribution in [3.8, 4) is 5.75 Å². The highest BCUT2D eigenvalue weighted by Gasteiger charge is 2.31. The van der Waals surface area contributed by atoms with Crippen LogP contribution in [0.15, 0.2) is 30.3 Å². The number of amides is 1. The summed E-state index contributed by atoms with van der Waals surface area (Å²) in [6.45, 7) is 2.74. The SMILES string of the molecule is O=C1c2cc(COc3ccc(Cl)cc3)nn2CCN1CC1CC1. The van der Waals surface area contributed by atoms with Gasteiger partial charge in [-0.05, 0) is 49.1 Å². The van der Waals surface area contributed by atoms with Crippen LogP contribution >= 0.6 is 11.6 Å². The van der Waals surface area contributed by atoms with Gasteiger partial charge in [0, 0.05) is 18.1 Å². The number of aromatic nitrogens is 2. The molecule has 6 heteroatoms. The molecular weight excluding hydrogens is 314 g/mol. The smallest absolute Gasteiger partial charge is 0.272 e. The molecule has 1 amide bonds. The Hall–Kier alpha value is -2.01. The molecule has 2 aliphatic rings. The van der Waals surface area contributed by atoms with Crippen molar-refractivity contribution >= 4 is 17.5 Å². The summed E-state index contributed by atoms with van der Waals surface area (Å²) in [6, 6.07) is 9.06. The summed E-state index contributed by atoms with van der Waals surface area (Å²) in [7, 11) is 0. The van der Waals surface area contributed by atoms with Gasteiger partial charge in [-0.3, -0.25) is 9.48 Å². The Kier molecular flexibility index (Phi) is 3.73. The normalized spacial score (nSPS) is 17.3. The molecule has 0 bridgehead atoms. The first-order chi connectivity index (χ1) is 11.2. The molecule has 1 aromatic heterocycles. The molecule has 0 atom stereocenters. The highest BCUT2D eigenvalue weighted by molar-refractivity contribution is 6.30. The van der Waals surface area contributed by atoms with Crippen LogP contribution in [0.4, 0.5) is 0 Å². The number of halogens is 1. The summed E-state index contributed by atoms with van der Waals surface area (Å²) in [5.41, 5.74) is 1.45. The van der Waals surface area contributed by atoms with Crippen LogP contribution in [0.3, 0.4) is 0 Å². The zero-order valence-electron chi connectivity index (χ0n) is 12.7. The third-order valence-corrected chi connectivity index (χ3v) is 4.55. The van der Waals surface area contributed by atoms with Crippen molar-refractivity contribution in [2.45, 2.75) is 26.0 Å². The second-order valence-corrected chi connectivity index (χ2v) is 6.62. The van der Waals surface area contributed by atoms with E-state index in [0.29, 0.717) is 23.2 Å². The first-order valence-corrected chi connectivity index (χ1v) is 8.31. The van der Waals surface area contributed by atoms with Crippen molar-refractivity contribution in [1.82, 2.24) is 14.7 Å². The number of nitrogens with zero attached hydrogens (tertiary/aromatic N) is 3. The van der Waals surface area contributed by atoms with Crippen molar-refractivity contribution in [1.29, 1.82) is 0 Å². The van der Waals surface area contributed by atoms with Gasteiger partial charge in [-0.1, -0.05) is 11.6 Å². The maximum atomic E-state index is 12.5. The Morgan fingerprint density at radius 2 is 2.00 bits per heavy atom. The summed E-state index contributed by atoms with van der Waals surface area (Å²) in [5, 5.41) is 5.16. The van der Waals surface area contributed by atoms with Crippen LogP contribution in [0.2, 0.25) is 5.02 Å². The molecule has 2 aromatic rings. The van der Waals surface area contributed by atoms with Crippen molar-refractivity contribution < 1.29 is 9.53 Å². The number of rotatable bonds is 5. The fourth-order valence-electron chi connectivity index (χ4n) is 2.84. The quantitative estimate of drug-likeness (QED) is 0.846. The fourth-order valence-corrected chi connectivity index (χ4v) is 2.96. The molecule has 1 aliphatic carbocycles. The van der Waals surface area contributed by atoms with Crippen LogP contribution in [-0.4, -0.2) is 33.7 Å². The molecule has 1 aromatic carbocycles. The van der Waals surface area contributed by atoms with Crippen LogP contribution in [0, 0.1) is 5.92 Å². The molecule has 4 rings (SSSR count). The number of carbonyl (C=O) groups is 1. The molecule has 5 nitrogen and oxygen atoms in total. The van der Waals surface area contributed by atoms with Crippen molar-refractivity contribution in [3.05, 3.63) is 46.7 Å². The topological polar surface area (TPSA) is 47.4 Å². The molecule has 0 N–H and O–H groups in total. The van der Waals surface area contributed by atoms with Crippen LogP contribution < -0.4 is 4.74 Å². The van der Waals surface area contributed by atoms with E-state index in [1.165, 1.54) is 12.8 Å². The van der Waals surface area contributed by atoms with E-state index in [1.54, 1.807) is 16.8 Å². The lowest BCUT2D eigenvalue weighted by molar-refractivity contribution is 0.0689. The van der Waals surface area contributed by atoms with E-state index >= 15 is 0 Å². The lowest BCUT2D eigenvalue weighted by Gasteiger charge is -2.27. The average Bonchev–Trinajstić information content (AvgIpc) is 3.27. The lowest BCUT2D eigenvalue weighted by atomic mass is 10.2. The van der Waals surface area contributed by atoms with E-state index in [9.17, 15) is 4.79 Å². The summed E-state index contributed by atoms with van der Waals surface area (Å²) in [4.78, 5) is 14.5. The van der Waals surface area contributed by atoms with Crippen molar-refractivity contribution in [2.24, 2.45) is 5.92 Å². The minimum absolute atomic E-state index is 0.0911. The van der Waals surface area contributed by atoms with Gasteiger partial charge in [0.25, 0.3) is 5.91 Å². The Morgan fingerprint density at radius 3 is 2.74 bits per heavy atom. The largest absolute Gasteiger partial charge is 0.487 e. The van der Waals surface area contributed by atoms with Crippen LogP contribution in [0.1, 0.15) is 29.0 Å². The third kappa shape index (κ3) is 3.20. The highest BCUT2D eigenvalue weighted by Crippen LogP contribution is 2.30. The molecule has 0 saturated heterocycles. The van der Waals surface area contributed by atoms with Gasteiger partial charge in [-0.25, -0.2) is 0 Å². The number of carbonyl (C=O) groups excluding carboxylic acids is 1. The Bertz CT molecular complexity index is 722. The summed E-state index contributed by atoms with van der Waals surface area (Å²) in [5.74, 6) is 1.54. The molecule has 120 valence electrons. The Balaban J connectivity index is 1.43. The van der Waals surface area contributed by atoms with Crippen molar-refractivity contribution in [2.75, 3.05) is 13.1 Å². The molecule has 1 saturated carbocycles. The van der Waals surface area contributed by atoms with Gasteiger partial charge in [0.05, 0.1) is 6.54 Å². The van der Waals surface area contributed by atoms with E-state index in [0.717, 1.165) is 31.1 Å². The number of fused-ring (bicyclic) bond motifs is 1. The van der Waals surface area contributed by atoms with Gasteiger partial charge in [-0.2, -0.15) is 5.10 Å². The number of ether oxygens (including phenoxy) is 1. The van der Waals surface area contributed by atoms with E-state index in [-0.39, 0.29) is 5.91 Å². The number of benzene rings is 1. The first-order valence-electron chi connectivity index (χ1n) is 7.93. The lowest BCUT2D eigenvalue weighted by Crippen LogP contribution is -2.41. The van der Waals surface area contributed by atoms with Gasteiger partial charge in [0.2, 0.25) is 0 Å². The molecule has 23 heavy (non-hydrogen) atoms. The molecule has 1 aliphatic heterocycles. The van der Waals surface area contributed by atoms with Crippen LogP contribution in [-0.2, 0) is 13.2 Å². The van der Waals surface area contributed by atoms with E-state index in [1.807, 2.05) is 23.1 Å². The second-order valence-electron chi connectivity index (χ2n) is 6.18. The Labute approximate surface area is 139 Å². The molecule has 0 spiro atoms. The molecular formula is C17H18ClN3O2. The summed E-state index contributed by atoms with van der Waals surface area (Å²) in [6.07, 6.45) is 2.51. The van der Waals surface area contributed by atoms with Gasteiger partial charge in [0.1, 0.15) is 23.7 Å². The summed E-state index contributed by atoms with van der Waals surface area (Å²) < 4.78 is 7.50. The molecule has 0 radical (unpaired) electrons. The second kappa shape index (κ2) is 5.89. The van der Waals surface area contributed by atoms with E-state index < -0.39 is 0 Å². The van der Waals surface area contributed by atoms with Gasteiger partial charge < -0.3 is 9.64 Å². The van der Waals surface area contributed by atoms with E-state index in [4.69, 9.17) is 16.3 Å². The number of hydrogen-bond donors (Lipinski definition) is 0. The minimum atomic E-state index is 0.0911. The van der Waals surface area contributed by atoms with E-state index in [2.05, 4.69) is 5.10 Å². The Morgan fingerprint density at radius 1 is 1.22 bits per heavy atom. The molecule has 2 heterocycles. The standard InChI is InChI=1S/C17H18ClN3O2/c18-13-3-5-15(6-4-13)23-11-14-9-16-17(22)20(10-12-1-2-12)7-8-21(16)19-14/h3-6,9,12H,1-2,7-8,10-11H2. The molecule has 1 fully saturated rings. The maximum absolute atomic E-state index is 12.5. The minimum Gasteiger partial charge on any atom is -0.487 e. The third-order valence-electron chi connectivity index (χ3n) is 4.29. The van der Waals surface area contributed by atoms with Crippen molar-refractivity contribution in [3.63, 3.8) is 0 Å². The van der Waals surface area contributed by atoms with Gasteiger partial charge in [0.15, 0.2) is 0 Å². The average molecular weight is 332 g/mol. The zero-order chi connectivity index (χ0) is 15.8. The first kappa shape index (κ1) is 14.6.